The van der Waals surface area contributed by atoms with E-state index in [1.54, 1.807) is 0 Å². The summed E-state index contributed by atoms with van der Waals surface area (Å²) in [5.41, 5.74) is -1.07. The van der Waals surface area contributed by atoms with Gasteiger partial charge in [0, 0.05) is 11.6 Å². The van der Waals surface area contributed by atoms with E-state index in [0.717, 1.165) is 6.07 Å². The van der Waals surface area contributed by atoms with Gasteiger partial charge >= 0.3 is 0 Å². The first-order valence-corrected chi connectivity index (χ1v) is 4.82. The first-order valence-electron chi connectivity index (χ1n) is 4.82. The van der Waals surface area contributed by atoms with Crippen LogP contribution in [-0.2, 0) is 5.41 Å². The van der Waals surface area contributed by atoms with E-state index >= 15 is 0 Å². The molecule has 5 heteroatoms. The molecule has 80 valence electrons. The monoisotopic (exact) mass is 220 g/mol. The molecule has 0 amide bonds. The fourth-order valence-electron chi connectivity index (χ4n) is 1.93. The van der Waals surface area contributed by atoms with Gasteiger partial charge in [-0.2, -0.15) is 5.26 Å². The molecular weight excluding hydrogens is 214 g/mol. The van der Waals surface area contributed by atoms with Crippen molar-refractivity contribution in [1.29, 1.82) is 5.26 Å². The molecule has 1 aromatic heterocycles. The van der Waals surface area contributed by atoms with Crippen LogP contribution in [0.25, 0.3) is 11.0 Å². The summed E-state index contributed by atoms with van der Waals surface area (Å²) in [5.74, 6) is -1.46. The summed E-state index contributed by atoms with van der Waals surface area (Å²) in [6, 6.07) is 3.06. The van der Waals surface area contributed by atoms with E-state index < -0.39 is 17.0 Å². The van der Waals surface area contributed by atoms with Crippen molar-refractivity contribution in [2.75, 3.05) is 0 Å². The predicted octanol–water partition coefficient (Wildman–Crippen LogP) is 2.66. The Labute approximate surface area is 89.3 Å². The third-order valence-electron chi connectivity index (χ3n) is 2.99. The van der Waals surface area contributed by atoms with Crippen molar-refractivity contribution in [2.24, 2.45) is 0 Å². The average molecular weight is 220 g/mol. The highest BCUT2D eigenvalue weighted by atomic mass is 19.1. The van der Waals surface area contributed by atoms with Crippen molar-refractivity contribution in [3.05, 3.63) is 29.5 Å². The van der Waals surface area contributed by atoms with Gasteiger partial charge < -0.3 is 4.52 Å². The SMILES string of the molecule is N#CC1(c2c(F)cc3oncc3c2F)CC1. The van der Waals surface area contributed by atoms with Crippen LogP contribution in [0.5, 0.6) is 0 Å². The smallest absolute Gasteiger partial charge is 0.172 e. The van der Waals surface area contributed by atoms with E-state index in [9.17, 15) is 8.78 Å². The first-order chi connectivity index (χ1) is 7.68. The lowest BCUT2D eigenvalue weighted by atomic mass is 9.95. The average Bonchev–Trinajstić information content (AvgIpc) is 2.89. The maximum atomic E-state index is 14.0. The van der Waals surface area contributed by atoms with Gasteiger partial charge in [-0.25, -0.2) is 8.78 Å². The third-order valence-corrected chi connectivity index (χ3v) is 2.99. The van der Waals surface area contributed by atoms with E-state index in [-0.39, 0.29) is 16.5 Å². The van der Waals surface area contributed by atoms with Gasteiger partial charge in [-0.1, -0.05) is 5.16 Å². The number of nitriles is 1. The second-order valence-corrected chi connectivity index (χ2v) is 3.98. The molecule has 0 unspecified atom stereocenters. The zero-order valence-corrected chi connectivity index (χ0v) is 8.13. The molecule has 1 aliphatic carbocycles. The number of fused-ring (bicyclic) bond motifs is 1. The Bertz CT molecular complexity index is 623. The van der Waals surface area contributed by atoms with Gasteiger partial charge in [0.2, 0.25) is 0 Å². The molecule has 0 N–H and O–H groups in total. The molecule has 1 fully saturated rings. The van der Waals surface area contributed by atoms with Gasteiger partial charge in [-0.15, -0.1) is 0 Å². The molecule has 0 spiro atoms. The zero-order valence-electron chi connectivity index (χ0n) is 8.13. The zero-order chi connectivity index (χ0) is 11.3. The highest BCUT2D eigenvalue weighted by Gasteiger charge is 2.49. The van der Waals surface area contributed by atoms with Crippen LogP contribution in [0.1, 0.15) is 18.4 Å². The van der Waals surface area contributed by atoms with Crippen LogP contribution in [-0.4, -0.2) is 5.16 Å². The molecule has 16 heavy (non-hydrogen) atoms. The Kier molecular flexibility index (Phi) is 1.62. The molecule has 1 aliphatic rings. The lowest BCUT2D eigenvalue weighted by Crippen LogP contribution is -2.09. The molecule has 2 aromatic rings. The largest absolute Gasteiger partial charge is 0.356 e. The molecule has 1 aromatic carbocycles. The molecule has 0 radical (unpaired) electrons. The molecule has 3 nitrogen and oxygen atoms in total. The van der Waals surface area contributed by atoms with Gasteiger partial charge in [0.15, 0.2) is 5.58 Å². The van der Waals surface area contributed by atoms with Crippen molar-refractivity contribution in [2.45, 2.75) is 18.3 Å². The fourth-order valence-corrected chi connectivity index (χ4v) is 1.93. The Hall–Kier alpha value is -1.96. The number of aromatic nitrogens is 1. The second kappa shape index (κ2) is 2.79. The maximum Gasteiger partial charge on any atom is 0.172 e. The molecule has 3 rings (SSSR count). The molecular formula is C11H6F2N2O. The van der Waals surface area contributed by atoms with Crippen LogP contribution in [0.15, 0.2) is 16.8 Å². The van der Waals surface area contributed by atoms with Gasteiger partial charge in [-0.05, 0) is 12.8 Å². The van der Waals surface area contributed by atoms with Crippen LogP contribution in [0.2, 0.25) is 0 Å². The topological polar surface area (TPSA) is 49.8 Å². The van der Waals surface area contributed by atoms with E-state index in [0.29, 0.717) is 12.8 Å². The van der Waals surface area contributed by atoms with E-state index in [1.807, 2.05) is 6.07 Å². The molecule has 1 heterocycles. The summed E-state index contributed by atoms with van der Waals surface area (Å²) in [4.78, 5) is 0. The third kappa shape index (κ3) is 1.01. The number of hydrogen-bond donors (Lipinski definition) is 0. The quantitative estimate of drug-likeness (QED) is 0.742. The van der Waals surface area contributed by atoms with Gasteiger partial charge in [-0.3, -0.25) is 0 Å². The summed E-state index contributed by atoms with van der Waals surface area (Å²) in [6.07, 6.45) is 2.18. The summed E-state index contributed by atoms with van der Waals surface area (Å²) in [5, 5.41) is 12.5. The van der Waals surface area contributed by atoms with Crippen molar-refractivity contribution >= 4 is 11.0 Å². The minimum atomic E-state index is -0.986. The second-order valence-electron chi connectivity index (χ2n) is 3.98. The summed E-state index contributed by atoms with van der Waals surface area (Å²) in [7, 11) is 0. The number of halogens is 2. The Morgan fingerprint density at radius 3 is 2.81 bits per heavy atom. The van der Waals surface area contributed by atoms with Crippen molar-refractivity contribution in [1.82, 2.24) is 5.16 Å². The summed E-state index contributed by atoms with van der Waals surface area (Å²) < 4.78 is 32.4. The number of benzene rings is 1. The molecule has 1 saturated carbocycles. The Morgan fingerprint density at radius 2 is 2.19 bits per heavy atom. The van der Waals surface area contributed by atoms with Crippen LogP contribution >= 0.6 is 0 Å². The van der Waals surface area contributed by atoms with Gasteiger partial charge in [0.1, 0.15) is 11.6 Å². The predicted molar refractivity (Wildman–Crippen MR) is 50.5 cm³/mol. The van der Waals surface area contributed by atoms with E-state index in [4.69, 9.17) is 5.26 Å². The normalized spacial score (nSPS) is 17.3. The highest BCUT2D eigenvalue weighted by Crippen LogP contribution is 2.50. The standard InChI is InChI=1S/C11H6F2N2O/c12-7-3-8-6(4-15-16-8)10(13)9(7)11(5-14)1-2-11/h3-4H,1-2H2. The summed E-state index contributed by atoms with van der Waals surface area (Å²) >= 11 is 0. The first kappa shape index (κ1) is 9.28. The van der Waals surface area contributed by atoms with Crippen LogP contribution in [0, 0.1) is 23.0 Å². The lowest BCUT2D eigenvalue weighted by Gasteiger charge is -2.08. The molecule has 0 bridgehead atoms. The lowest BCUT2D eigenvalue weighted by molar-refractivity contribution is 0.453. The van der Waals surface area contributed by atoms with Crippen molar-refractivity contribution in [3.8, 4) is 6.07 Å². The van der Waals surface area contributed by atoms with Gasteiger partial charge in [0.05, 0.1) is 23.1 Å². The highest BCUT2D eigenvalue weighted by molar-refractivity contribution is 5.78. The molecule has 0 saturated heterocycles. The minimum absolute atomic E-state index is 0.0625. The Morgan fingerprint density at radius 1 is 1.44 bits per heavy atom. The Balaban J connectivity index is 2.36. The minimum Gasteiger partial charge on any atom is -0.356 e. The number of nitrogens with zero attached hydrogens (tertiary/aromatic N) is 2. The van der Waals surface area contributed by atoms with E-state index in [2.05, 4.69) is 9.68 Å². The summed E-state index contributed by atoms with van der Waals surface area (Å²) in [6.45, 7) is 0. The molecule has 0 atom stereocenters. The fraction of sp³-hybridized carbons (Fsp3) is 0.273. The molecule has 0 aliphatic heterocycles. The number of hydrogen-bond acceptors (Lipinski definition) is 3. The van der Waals surface area contributed by atoms with Crippen molar-refractivity contribution < 1.29 is 13.3 Å². The van der Waals surface area contributed by atoms with E-state index in [1.165, 1.54) is 6.20 Å². The van der Waals surface area contributed by atoms with Crippen LogP contribution in [0.4, 0.5) is 8.78 Å². The van der Waals surface area contributed by atoms with Gasteiger partial charge in [0.25, 0.3) is 0 Å². The van der Waals surface area contributed by atoms with Crippen LogP contribution < -0.4 is 0 Å². The number of rotatable bonds is 1. The maximum absolute atomic E-state index is 14.0. The van der Waals surface area contributed by atoms with Crippen LogP contribution in [0.3, 0.4) is 0 Å². The van der Waals surface area contributed by atoms with Crippen molar-refractivity contribution in [3.63, 3.8) is 0 Å².